The minimum absolute atomic E-state index is 0.860. The van der Waals surface area contributed by atoms with Gasteiger partial charge in [0.05, 0.1) is 11.1 Å². The molecule has 0 radical (unpaired) electrons. The van der Waals surface area contributed by atoms with Crippen LogP contribution in [0.2, 0.25) is 0 Å². The molecule has 0 saturated carbocycles. The summed E-state index contributed by atoms with van der Waals surface area (Å²) in [6, 6.07) is 77.6. The van der Waals surface area contributed by atoms with Crippen LogP contribution in [0.1, 0.15) is 0 Å². The van der Waals surface area contributed by atoms with Gasteiger partial charge in [0, 0.05) is 22.1 Å². The summed E-state index contributed by atoms with van der Waals surface area (Å²) in [4.78, 5) is 2.40. The highest BCUT2D eigenvalue weighted by Gasteiger charge is 2.23. The Morgan fingerprint density at radius 2 is 0.850 bits per heavy atom. The number of hydrogen-bond acceptors (Lipinski definition) is 2. The highest BCUT2D eigenvalue weighted by molar-refractivity contribution is 6.26. The first kappa shape index (κ1) is 33.1. The van der Waals surface area contributed by atoms with Crippen LogP contribution >= 0.6 is 0 Å². The normalized spacial score (nSPS) is 12.0. The molecule has 0 atom stereocenters. The molecule has 2 nitrogen and oxygen atoms in total. The van der Waals surface area contributed by atoms with Gasteiger partial charge in [0.2, 0.25) is 0 Å². The van der Waals surface area contributed by atoms with E-state index in [1.807, 2.05) is 0 Å². The first-order valence-electron chi connectivity index (χ1n) is 20.7. The zero-order valence-electron chi connectivity index (χ0n) is 32.6. The van der Waals surface area contributed by atoms with Crippen molar-refractivity contribution < 1.29 is 4.42 Å². The summed E-state index contributed by atoms with van der Waals surface area (Å²) in [7, 11) is 0. The summed E-state index contributed by atoms with van der Waals surface area (Å²) in [6.07, 6.45) is 0. The van der Waals surface area contributed by atoms with E-state index in [1.165, 1.54) is 81.5 Å². The molecule has 0 bridgehead atoms. The van der Waals surface area contributed by atoms with Crippen molar-refractivity contribution >= 4 is 104 Å². The number of anilines is 3. The van der Waals surface area contributed by atoms with Crippen LogP contribution < -0.4 is 4.90 Å². The van der Waals surface area contributed by atoms with E-state index in [4.69, 9.17) is 4.42 Å². The van der Waals surface area contributed by atoms with Crippen LogP contribution in [-0.2, 0) is 0 Å². The molecule has 0 aliphatic carbocycles. The van der Waals surface area contributed by atoms with Crippen molar-refractivity contribution in [1.82, 2.24) is 0 Å². The van der Waals surface area contributed by atoms with E-state index in [9.17, 15) is 0 Å². The Morgan fingerprint density at radius 1 is 0.300 bits per heavy atom. The van der Waals surface area contributed by atoms with E-state index in [0.717, 1.165) is 44.4 Å². The summed E-state index contributed by atoms with van der Waals surface area (Å²) in [5, 5.41) is 17.1. The largest absolute Gasteiger partial charge is 0.455 e. The predicted molar refractivity (Wildman–Crippen MR) is 255 cm³/mol. The molecule has 2 heteroatoms. The van der Waals surface area contributed by atoms with Crippen molar-refractivity contribution in [3.8, 4) is 22.3 Å². The molecule has 12 aromatic carbocycles. The second-order valence-electron chi connectivity index (χ2n) is 16.0. The fraction of sp³-hybridized carbons (Fsp3) is 0. The van der Waals surface area contributed by atoms with Crippen molar-refractivity contribution in [2.75, 3.05) is 4.90 Å². The quantitative estimate of drug-likeness (QED) is 0.162. The van der Waals surface area contributed by atoms with Gasteiger partial charge in [0.15, 0.2) is 0 Å². The van der Waals surface area contributed by atoms with Gasteiger partial charge >= 0.3 is 0 Å². The SMILES string of the molecule is c1cc(-c2cc3c(oc4cccc(N(c5ccc6ccccc6c5)c5ccc6ccccc6c5)c43)c3ccccc23)cc(-c2ccc3ccc4cccc5ccc2c3c45)c1. The molecule has 0 saturated heterocycles. The summed E-state index contributed by atoms with van der Waals surface area (Å²) in [5.74, 6) is 0. The minimum atomic E-state index is 0.860. The Kier molecular flexibility index (Phi) is 7.05. The zero-order valence-corrected chi connectivity index (χ0v) is 32.6. The lowest BCUT2D eigenvalue weighted by atomic mass is 9.88. The summed E-state index contributed by atoms with van der Waals surface area (Å²) < 4.78 is 6.93. The summed E-state index contributed by atoms with van der Waals surface area (Å²) in [6.45, 7) is 0. The highest BCUT2D eigenvalue weighted by Crippen LogP contribution is 2.48. The molecule has 0 amide bonds. The molecule has 1 aromatic heterocycles. The Labute approximate surface area is 346 Å². The number of rotatable bonds is 5. The number of hydrogen-bond donors (Lipinski definition) is 0. The molecular formula is C58H35NO. The summed E-state index contributed by atoms with van der Waals surface area (Å²) in [5.41, 5.74) is 9.80. The van der Waals surface area contributed by atoms with E-state index in [1.54, 1.807) is 0 Å². The Balaban J connectivity index is 1.05. The Hall–Kier alpha value is -7.94. The molecule has 0 spiro atoms. The maximum atomic E-state index is 6.93. The lowest BCUT2D eigenvalue weighted by molar-refractivity contribution is 0.672. The lowest BCUT2D eigenvalue weighted by Gasteiger charge is -2.27. The van der Waals surface area contributed by atoms with Crippen molar-refractivity contribution in [2.24, 2.45) is 0 Å². The predicted octanol–water partition coefficient (Wildman–Crippen LogP) is 16.7. The molecule has 13 rings (SSSR count). The first-order chi connectivity index (χ1) is 29.7. The van der Waals surface area contributed by atoms with Crippen LogP contribution in [0.4, 0.5) is 17.1 Å². The van der Waals surface area contributed by atoms with Gasteiger partial charge in [0.25, 0.3) is 0 Å². The van der Waals surface area contributed by atoms with Crippen LogP contribution in [0.25, 0.3) is 109 Å². The molecule has 278 valence electrons. The average molecular weight is 762 g/mol. The molecule has 0 unspecified atom stereocenters. The number of benzene rings is 12. The van der Waals surface area contributed by atoms with Gasteiger partial charge in [-0.15, -0.1) is 0 Å². The molecule has 0 fully saturated rings. The third-order valence-corrected chi connectivity index (χ3v) is 12.7. The van der Waals surface area contributed by atoms with E-state index in [2.05, 4.69) is 217 Å². The summed E-state index contributed by atoms with van der Waals surface area (Å²) >= 11 is 0. The van der Waals surface area contributed by atoms with E-state index < -0.39 is 0 Å². The van der Waals surface area contributed by atoms with Crippen LogP contribution in [0.3, 0.4) is 0 Å². The molecule has 0 aliphatic heterocycles. The average Bonchev–Trinajstić information content (AvgIpc) is 3.70. The smallest absolute Gasteiger partial charge is 0.143 e. The number of nitrogens with zero attached hydrogens (tertiary/aromatic N) is 1. The monoisotopic (exact) mass is 761 g/mol. The van der Waals surface area contributed by atoms with Gasteiger partial charge in [0.1, 0.15) is 11.2 Å². The Bertz CT molecular complexity index is 3760. The van der Waals surface area contributed by atoms with Gasteiger partial charge in [-0.25, -0.2) is 0 Å². The van der Waals surface area contributed by atoms with Gasteiger partial charge in [-0.05, 0) is 130 Å². The third kappa shape index (κ3) is 4.95. The van der Waals surface area contributed by atoms with Gasteiger partial charge < -0.3 is 9.32 Å². The van der Waals surface area contributed by atoms with E-state index in [-0.39, 0.29) is 0 Å². The van der Waals surface area contributed by atoms with Gasteiger partial charge in [-0.2, -0.15) is 0 Å². The van der Waals surface area contributed by atoms with Crippen molar-refractivity contribution in [2.45, 2.75) is 0 Å². The second-order valence-corrected chi connectivity index (χ2v) is 16.0. The Morgan fingerprint density at radius 3 is 1.58 bits per heavy atom. The molecular weight excluding hydrogens is 727 g/mol. The second kappa shape index (κ2) is 12.8. The third-order valence-electron chi connectivity index (χ3n) is 12.7. The number of furan rings is 1. The molecule has 0 aliphatic rings. The maximum absolute atomic E-state index is 6.93. The standard InChI is InChI=1S/C58H35NO/c1-3-12-41-33-45(28-24-36(41)10-1)59(46-29-25-37-11-2-4-13-42(37)34-46)53-20-9-21-54-57(53)52-35-51(48-18-5-6-19-50(48)58(52)60-54)44-17-8-16-43(32-44)47-30-26-40-23-22-38-14-7-15-39-27-31-49(47)56(40)55(38)39/h1-35H. The fourth-order valence-electron chi connectivity index (χ4n) is 9.95. The van der Waals surface area contributed by atoms with Gasteiger partial charge in [-0.3, -0.25) is 0 Å². The van der Waals surface area contributed by atoms with E-state index in [0.29, 0.717) is 0 Å². The van der Waals surface area contributed by atoms with Crippen LogP contribution in [0, 0.1) is 0 Å². The van der Waals surface area contributed by atoms with Crippen molar-refractivity contribution in [1.29, 1.82) is 0 Å². The van der Waals surface area contributed by atoms with Crippen LogP contribution in [0.5, 0.6) is 0 Å². The lowest BCUT2D eigenvalue weighted by Crippen LogP contribution is -2.10. The van der Waals surface area contributed by atoms with Crippen LogP contribution in [-0.4, -0.2) is 0 Å². The van der Waals surface area contributed by atoms with Crippen LogP contribution in [0.15, 0.2) is 217 Å². The molecule has 1 heterocycles. The maximum Gasteiger partial charge on any atom is 0.143 e. The minimum Gasteiger partial charge on any atom is -0.455 e. The van der Waals surface area contributed by atoms with Gasteiger partial charge in [-0.1, -0.05) is 164 Å². The van der Waals surface area contributed by atoms with Crippen molar-refractivity contribution in [3.05, 3.63) is 212 Å². The molecule has 60 heavy (non-hydrogen) atoms. The van der Waals surface area contributed by atoms with Crippen molar-refractivity contribution in [3.63, 3.8) is 0 Å². The molecule has 0 N–H and O–H groups in total. The zero-order chi connectivity index (χ0) is 39.3. The fourth-order valence-corrected chi connectivity index (χ4v) is 9.95. The first-order valence-corrected chi connectivity index (χ1v) is 20.7. The highest BCUT2D eigenvalue weighted by atomic mass is 16.3. The number of fused-ring (bicyclic) bond motifs is 7. The molecule has 13 aromatic rings. The van der Waals surface area contributed by atoms with E-state index >= 15 is 0 Å². The topological polar surface area (TPSA) is 16.4 Å².